The zero-order chi connectivity index (χ0) is 25.5. The summed E-state index contributed by atoms with van der Waals surface area (Å²) in [5.41, 5.74) is -1.65. The lowest BCUT2D eigenvalue weighted by Gasteiger charge is -2.25. The molecule has 2 aliphatic rings. The maximum Gasteiger partial charge on any atom is 0.416 e. The predicted octanol–water partition coefficient (Wildman–Crippen LogP) is 5.04. The molecule has 0 bridgehead atoms. The number of alkyl halides is 3. The molecular weight excluding hydrogens is 471 g/mol. The van der Waals surface area contributed by atoms with Gasteiger partial charge in [0.1, 0.15) is 0 Å². The zero-order valence-electron chi connectivity index (χ0n) is 18.7. The van der Waals surface area contributed by atoms with Gasteiger partial charge in [0.15, 0.2) is 0 Å². The van der Waals surface area contributed by atoms with E-state index in [0.717, 1.165) is 35.2 Å². The van der Waals surface area contributed by atoms with Gasteiger partial charge in [0, 0.05) is 11.6 Å². The van der Waals surface area contributed by atoms with Crippen molar-refractivity contribution in [1.82, 2.24) is 4.90 Å². The molecule has 1 saturated heterocycles. The molecule has 0 aromatic heterocycles. The van der Waals surface area contributed by atoms with Crippen LogP contribution in [0.1, 0.15) is 22.3 Å². The molecule has 2 amide bonds. The van der Waals surface area contributed by atoms with Crippen LogP contribution in [0.15, 0.2) is 96.6 Å². The molecule has 36 heavy (non-hydrogen) atoms. The number of likely N-dealkylation sites (tertiary alicyclic amines) is 1. The highest BCUT2D eigenvalue weighted by Crippen LogP contribution is 2.48. The summed E-state index contributed by atoms with van der Waals surface area (Å²) in [4.78, 5) is 41.0. The number of imide groups is 1. The highest BCUT2D eigenvalue weighted by molar-refractivity contribution is 6.29. The summed E-state index contributed by atoms with van der Waals surface area (Å²) in [7, 11) is 0. The second-order valence-corrected chi connectivity index (χ2v) is 8.39. The topological polar surface area (TPSA) is 63.7 Å². The minimum Gasteiger partial charge on any atom is -0.435 e. The third-order valence-electron chi connectivity index (χ3n) is 6.11. The van der Waals surface area contributed by atoms with Crippen molar-refractivity contribution in [3.63, 3.8) is 0 Å². The number of nitrogens with zero attached hydrogens (tertiary/aromatic N) is 1. The first-order valence-electron chi connectivity index (χ1n) is 11.0. The highest BCUT2D eigenvalue weighted by atomic mass is 19.4. The Bertz CT molecular complexity index is 1410. The summed E-state index contributed by atoms with van der Waals surface area (Å²) >= 11 is 0. The second-order valence-electron chi connectivity index (χ2n) is 8.39. The normalized spacial score (nSPS) is 20.9. The molecule has 3 aromatic carbocycles. The summed E-state index contributed by atoms with van der Waals surface area (Å²) in [6, 6.07) is 21.6. The van der Waals surface area contributed by atoms with Crippen LogP contribution in [-0.4, -0.2) is 28.3 Å². The summed E-state index contributed by atoms with van der Waals surface area (Å²) < 4.78 is 44.9. The van der Waals surface area contributed by atoms with Crippen LogP contribution in [0.25, 0.3) is 11.6 Å². The number of hydrogen-bond donors (Lipinski definition) is 0. The van der Waals surface area contributed by atoms with Gasteiger partial charge in [0.25, 0.3) is 11.8 Å². The molecular formula is C28H18F3NO4. The van der Waals surface area contributed by atoms with Crippen molar-refractivity contribution in [3.8, 4) is 0 Å². The van der Waals surface area contributed by atoms with Gasteiger partial charge in [-0.15, -0.1) is 0 Å². The number of hydrogen-bond acceptors (Lipinski definition) is 4. The average molecular weight is 489 g/mol. The number of amides is 2. The molecule has 0 saturated carbocycles. The molecule has 2 aliphatic heterocycles. The molecule has 0 radical (unpaired) electrons. The average Bonchev–Trinajstić information content (AvgIpc) is 3.31. The van der Waals surface area contributed by atoms with Crippen LogP contribution in [0.3, 0.4) is 0 Å². The molecule has 0 aliphatic carbocycles. The molecule has 180 valence electrons. The number of benzene rings is 3. The van der Waals surface area contributed by atoms with Crippen molar-refractivity contribution in [2.24, 2.45) is 0 Å². The maximum absolute atomic E-state index is 13.9. The molecule has 2 heterocycles. The quantitative estimate of drug-likeness (QED) is 0.293. The van der Waals surface area contributed by atoms with Crippen molar-refractivity contribution in [2.45, 2.75) is 18.3 Å². The van der Waals surface area contributed by atoms with Crippen molar-refractivity contribution in [1.29, 1.82) is 0 Å². The van der Waals surface area contributed by atoms with Gasteiger partial charge in [0.2, 0.25) is 5.60 Å². The van der Waals surface area contributed by atoms with Gasteiger partial charge < -0.3 is 4.74 Å². The molecule has 5 rings (SSSR count). The van der Waals surface area contributed by atoms with Gasteiger partial charge in [-0.3, -0.25) is 14.5 Å². The highest BCUT2D eigenvalue weighted by Gasteiger charge is 2.63. The number of rotatable bonds is 4. The number of ether oxygens (including phenoxy) is 1. The molecule has 1 spiro atoms. The molecule has 1 fully saturated rings. The third-order valence-corrected chi connectivity index (χ3v) is 6.11. The van der Waals surface area contributed by atoms with Crippen LogP contribution in [0.2, 0.25) is 0 Å². The SMILES string of the molecule is O=C1C=C(c2ccc(C(F)(F)F)cc2)C2(O1)C(=O)N(Cc1ccccc1)C(=O)/C2=C/c1ccccc1. The minimum absolute atomic E-state index is 0.0114. The van der Waals surface area contributed by atoms with Gasteiger partial charge in [0.05, 0.1) is 17.7 Å². The fourth-order valence-electron chi connectivity index (χ4n) is 4.42. The van der Waals surface area contributed by atoms with E-state index in [1.807, 2.05) is 0 Å². The van der Waals surface area contributed by atoms with Crippen LogP contribution in [-0.2, 0) is 31.8 Å². The Labute approximate surface area is 204 Å². The monoisotopic (exact) mass is 489 g/mol. The first-order valence-corrected chi connectivity index (χ1v) is 11.0. The lowest BCUT2D eigenvalue weighted by molar-refractivity contribution is -0.155. The van der Waals surface area contributed by atoms with E-state index < -0.39 is 35.1 Å². The fraction of sp³-hybridized carbons (Fsp3) is 0.107. The van der Waals surface area contributed by atoms with E-state index in [9.17, 15) is 27.6 Å². The van der Waals surface area contributed by atoms with Crippen LogP contribution in [0.4, 0.5) is 13.2 Å². The smallest absolute Gasteiger partial charge is 0.416 e. The van der Waals surface area contributed by atoms with Crippen molar-refractivity contribution in [3.05, 3.63) is 119 Å². The first kappa shape index (κ1) is 23.3. The molecule has 0 N–H and O–H groups in total. The van der Waals surface area contributed by atoms with Crippen molar-refractivity contribution < 1.29 is 32.3 Å². The Kier molecular flexibility index (Phi) is 5.59. The number of halogens is 3. The van der Waals surface area contributed by atoms with Crippen molar-refractivity contribution in [2.75, 3.05) is 0 Å². The summed E-state index contributed by atoms with van der Waals surface area (Å²) in [6.07, 6.45) is -2.03. The zero-order valence-corrected chi connectivity index (χ0v) is 18.7. The van der Waals surface area contributed by atoms with Gasteiger partial charge in [-0.1, -0.05) is 72.8 Å². The lowest BCUT2D eigenvalue weighted by atomic mass is 9.83. The second kappa shape index (κ2) is 8.64. The largest absolute Gasteiger partial charge is 0.435 e. The molecule has 3 aromatic rings. The fourth-order valence-corrected chi connectivity index (χ4v) is 4.42. The Hall–Kier alpha value is -4.46. The van der Waals surface area contributed by atoms with Crippen LogP contribution in [0, 0.1) is 0 Å². The summed E-state index contributed by atoms with van der Waals surface area (Å²) in [5, 5.41) is 0. The Morgan fingerprint density at radius 1 is 0.833 bits per heavy atom. The number of esters is 1. The number of carbonyl (C=O) groups is 3. The van der Waals surface area contributed by atoms with Crippen LogP contribution < -0.4 is 0 Å². The molecule has 1 unspecified atom stereocenters. The Balaban J connectivity index is 1.65. The molecule has 1 atom stereocenters. The van der Waals surface area contributed by atoms with Crippen LogP contribution >= 0.6 is 0 Å². The Morgan fingerprint density at radius 2 is 1.44 bits per heavy atom. The first-order chi connectivity index (χ1) is 17.2. The van der Waals surface area contributed by atoms with Gasteiger partial charge >= 0.3 is 12.1 Å². The standard InChI is InChI=1S/C28H18F3NO4/c29-28(30,31)21-13-11-20(12-14-21)22-16-24(33)36-27(22)23(15-18-7-3-1-4-8-18)25(34)32(26(27)35)17-19-9-5-2-6-10-19/h1-16H,17H2/b23-15-. The van der Waals surface area contributed by atoms with E-state index in [1.54, 1.807) is 60.7 Å². The van der Waals surface area contributed by atoms with Gasteiger partial charge in [-0.05, 0) is 34.9 Å². The van der Waals surface area contributed by atoms with E-state index >= 15 is 0 Å². The van der Waals surface area contributed by atoms with E-state index in [-0.39, 0.29) is 23.3 Å². The lowest BCUT2D eigenvalue weighted by Crippen LogP contribution is -2.42. The van der Waals surface area contributed by atoms with E-state index in [0.29, 0.717) is 11.1 Å². The Morgan fingerprint density at radius 3 is 2.06 bits per heavy atom. The third kappa shape index (κ3) is 3.90. The van der Waals surface area contributed by atoms with Crippen LogP contribution in [0.5, 0.6) is 0 Å². The van der Waals surface area contributed by atoms with Gasteiger partial charge in [-0.2, -0.15) is 13.2 Å². The van der Waals surface area contributed by atoms with Crippen molar-refractivity contribution >= 4 is 29.4 Å². The summed E-state index contributed by atoms with van der Waals surface area (Å²) in [6.45, 7) is -0.0652. The van der Waals surface area contributed by atoms with E-state index in [1.165, 1.54) is 6.08 Å². The van der Waals surface area contributed by atoms with E-state index in [2.05, 4.69) is 0 Å². The minimum atomic E-state index is -4.56. The van der Waals surface area contributed by atoms with Gasteiger partial charge in [-0.25, -0.2) is 4.79 Å². The molecule has 5 nitrogen and oxygen atoms in total. The predicted molar refractivity (Wildman–Crippen MR) is 125 cm³/mol. The maximum atomic E-state index is 13.9. The molecule has 8 heteroatoms. The number of carbonyl (C=O) groups excluding carboxylic acids is 3. The summed E-state index contributed by atoms with van der Waals surface area (Å²) in [5.74, 6) is -2.30. The van der Waals surface area contributed by atoms with E-state index in [4.69, 9.17) is 4.74 Å².